The fourth-order valence-corrected chi connectivity index (χ4v) is 2.25. The summed E-state index contributed by atoms with van der Waals surface area (Å²) in [5.41, 5.74) is 2.47. The maximum absolute atomic E-state index is 2.36. The van der Waals surface area contributed by atoms with Crippen molar-refractivity contribution < 1.29 is 11.0 Å². The maximum atomic E-state index is 2.36. The van der Waals surface area contributed by atoms with Gasteiger partial charge in [0.15, 0.2) is 0 Å². The van der Waals surface area contributed by atoms with E-state index in [4.69, 9.17) is 0 Å². The molecule has 120 valence electrons. The standard InChI is InChI=1S/2C8H16.CH4.2H2O/c2*1-7(2)5-6-8(7,3)4;;;/h2*5-6H2,1-4H3;1H4;2*1H2. The molecule has 2 nitrogen and oxygen atoms in total. The van der Waals surface area contributed by atoms with E-state index in [0.29, 0.717) is 21.7 Å². The van der Waals surface area contributed by atoms with E-state index in [2.05, 4.69) is 55.4 Å². The first-order valence-electron chi connectivity index (χ1n) is 6.91. The summed E-state index contributed by atoms with van der Waals surface area (Å²) >= 11 is 0. The largest absolute Gasteiger partial charge is 0.412 e. The van der Waals surface area contributed by atoms with Gasteiger partial charge in [-0.2, -0.15) is 0 Å². The molecular weight excluding hydrogens is 236 g/mol. The second-order valence-corrected chi connectivity index (χ2v) is 8.54. The third kappa shape index (κ3) is 4.46. The van der Waals surface area contributed by atoms with Crippen LogP contribution in [0.5, 0.6) is 0 Å². The van der Waals surface area contributed by atoms with Gasteiger partial charge in [0.1, 0.15) is 0 Å². The SMILES string of the molecule is C.CC1(C)CCC1(C)C.CC1(C)CCC1(C)C.O.O. The second-order valence-electron chi connectivity index (χ2n) is 8.54. The van der Waals surface area contributed by atoms with E-state index in [0.717, 1.165) is 0 Å². The maximum Gasteiger partial charge on any atom is -0.0303 e. The molecule has 2 aliphatic carbocycles. The number of rotatable bonds is 0. The van der Waals surface area contributed by atoms with Gasteiger partial charge in [-0.1, -0.05) is 62.8 Å². The molecule has 2 rings (SSSR count). The van der Waals surface area contributed by atoms with Crippen LogP contribution in [0, 0.1) is 21.7 Å². The minimum Gasteiger partial charge on any atom is -0.412 e. The summed E-state index contributed by atoms with van der Waals surface area (Å²) < 4.78 is 0. The van der Waals surface area contributed by atoms with Crippen LogP contribution in [0.15, 0.2) is 0 Å². The van der Waals surface area contributed by atoms with Crippen molar-refractivity contribution in [2.45, 2.75) is 88.5 Å². The predicted molar refractivity (Wildman–Crippen MR) is 87.6 cm³/mol. The number of hydrogen-bond donors (Lipinski definition) is 0. The summed E-state index contributed by atoms with van der Waals surface area (Å²) in [6, 6.07) is 0. The molecule has 0 aromatic heterocycles. The molecule has 0 aliphatic heterocycles. The minimum atomic E-state index is 0. The van der Waals surface area contributed by atoms with Crippen molar-refractivity contribution in [2.75, 3.05) is 0 Å². The fourth-order valence-electron chi connectivity index (χ4n) is 2.25. The molecule has 0 saturated heterocycles. The summed E-state index contributed by atoms with van der Waals surface area (Å²) in [6.45, 7) is 18.9. The molecule has 0 heterocycles. The molecule has 4 N–H and O–H groups in total. The zero-order chi connectivity index (χ0) is 12.8. The Balaban J connectivity index is -0.000000233. The van der Waals surface area contributed by atoms with Crippen molar-refractivity contribution >= 4 is 0 Å². The van der Waals surface area contributed by atoms with Gasteiger partial charge in [0.05, 0.1) is 0 Å². The van der Waals surface area contributed by atoms with Crippen LogP contribution < -0.4 is 0 Å². The first-order valence-corrected chi connectivity index (χ1v) is 6.91. The molecule has 0 atom stereocenters. The molecule has 0 aromatic carbocycles. The summed E-state index contributed by atoms with van der Waals surface area (Å²) in [4.78, 5) is 0. The lowest BCUT2D eigenvalue weighted by molar-refractivity contribution is -0.0164. The topological polar surface area (TPSA) is 63.0 Å². The molecule has 19 heavy (non-hydrogen) atoms. The third-order valence-electron chi connectivity index (χ3n) is 6.41. The van der Waals surface area contributed by atoms with Gasteiger partial charge in [-0.25, -0.2) is 0 Å². The molecule has 0 radical (unpaired) electrons. The van der Waals surface area contributed by atoms with Crippen LogP contribution in [0.2, 0.25) is 0 Å². The molecule has 2 heteroatoms. The first kappa shape index (κ1) is 24.0. The molecule has 2 fully saturated rings. The normalized spacial score (nSPS) is 26.5. The Labute approximate surface area is 122 Å². The van der Waals surface area contributed by atoms with Gasteiger partial charge in [-0.15, -0.1) is 0 Å². The van der Waals surface area contributed by atoms with E-state index in [-0.39, 0.29) is 18.4 Å². The van der Waals surface area contributed by atoms with Crippen LogP contribution in [-0.2, 0) is 0 Å². The molecule has 0 aromatic rings. The van der Waals surface area contributed by atoms with Crippen molar-refractivity contribution in [3.63, 3.8) is 0 Å². The van der Waals surface area contributed by atoms with E-state index in [1.54, 1.807) is 0 Å². The lowest BCUT2D eigenvalue weighted by atomic mass is 9.53. The van der Waals surface area contributed by atoms with E-state index in [9.17, 15) is 0 Å². The third-order valence-corrected chi connectivity index (χ3v) is 6.41. The predicted octanol–water partition coefficient (Wildman–Crippen LogP) is 4.65. The molecule has 0 amide bonds. The monoisotopic (exact) mass is 276 g/mol. The smallest absolute Gasteiger partial charge is 0.0303 e. The van der Waals surface area contributed by atoms with Crippen molar-refractivity contribution in [2.24, 2.45) is 21.7 Å². The molecule has 2 aliphatic rings. The second kappa shape index (κ2) is 6.58. The highest BCUT2D eigenvalue weighted by Gasteiger charge is 2.45. The fraction of sp³-hybridized carbons (Fsp3) is 1.00. The van der Waals surface area contributed by atoms with E-state index >= 15 is 0 Å². The molecule has 0 bridgehead atoms. The van der Waals surface area contributed by atoms with Gasteiger partial charge in [0.25, 0.3) is 0 Å². The highest BCUT2D eigenvalue weighted by molar-refractivity contribution is 4.96. The van der Waals surface area contributed by atoms with Crippen molar-refractivity contribution in [3.8, 4) is 0 Å². The quantitative estimate of drug-likeness (QED) is 0.618. The van der Waals surface area contributed by atoms with Crippen LogP contribution in [0.4, 0.5) is 0 Å². The Morgan fingerprint density at radius 2 is 0.526 bits per heavy atom. The van der Waals surface area contributed by atoms with Crippen molar-refractivity contribution in [3.05, 3.63) is 0 Å². The summed E-state index contributed by atoms with van der Waals surface area (Å²) in [7, 11) is 0. The minimum absolute atomic E-state index is 0. The Morgan fingerprint density at radius 1 is 0.421 bits per heavy atom. The molecule has 0 unspecified atom stereocenters. The van der Waals surface area contributed by atoms with E-state index in [1.165, 1.54) is 25.7 Å². The lowest BCUT2D eigenvalue weighted by Crippen LogP contribution is -2.42. The van der Waals surface area contributed by atoms with Crippen LogP contribution in [0.3, 0.4) is 0 Å². The number of hydrogen-bond acceptors (Lipinski definition) is 0. The summed E-state index contributed by atoms with van der Waals surface area (Å²) in [5, 5.41) is 0. The van der Waals surface area contributed by atoms with Crippen LogP contribution in [-0.4, -0.2) is 11.0 Å². The first-order chi connectivity index (χ1) is 6.91. The van der Waals surface area contributed by atoms with Crippen LogP contribution in [0.25, 0.3) is 0 Å². The molecule has 2 saturated carbocycles. The Morgan fingerprint density at radius 3 is 0.526 bits per heavy atom. The Bertz CT molecular complexity index is 206. The van der Waals surface area contributed by atoms with Gasteiger partial charge >= 0.3 is 0 Å². The summed E-state index contributed by atoms with van der Waals surface area (Å²) in [5.74, 6) is 0. The zero-order valence-electron chi connectivity index (χ0n) is 13.8. The lowest BCUT2D eigenvalue weighted by Gasteiger charge is -2.52. The summed E-state index contributed by atoms with van der Waals surface area (Å²) in [6.07, 6.45) is 5.67. The average molecular weight is 277 g/mol. The molecular formula is C17H40O2. The highest BCUT2D eigenvalue weighted by Crippen LogP contribution is 2.56. The van der Waals surface area contributed by atoms with Crippen molar-refractivity contribution in [1.29, 1.82) is 0 Å². The Kier molecular flexibility index (Phi) is 8.30. The highest BCUT2D eigenvalue weighted by atomic mass is 16.0. The average Bonchev–Trinajstić information content (AvgIpc) is 2.15. The van der Waals surface area contributed by atoms with Crippen LogP contribution >= 0.6 is 0 Å². The zero-order valence-corrected chi connectivity index (χ0v) is 13.8. The van der Waals surface area contributed by atoms with Gasteiger partial charge in [-0.05, 0) is 47.3 Å². The van der Waals surface area contributed by atoms with Gasteiger partial charge < -0.3 is 11.0 Å². The Hall–Kier alpha value is -0.0800. The van der Waals surface area contributed by atoms with Crippen LogP contribution in [0.1, 0.15) is 88.5 Å². The van der Waals surface area contributed by atoms with E-state index in [1.807, 2.05) is 0 Å². The van der Waals surface area contributed by atoms with E-state index < -0.39 is 0 Å². The molecule has 0 spiro atoms. The van der Waals surface area contributed by atoms with Gasteiger partial charge in [-0.3, -0.25) is 0 Å². The van der Waals surface area contributed by atoms with Gasteiger partial charge in [0.2, 0.25) is 0 Å². The van der Waals surface area contributed by atoms with Gasteiger partial charge in [0, 0.05) is 0 Å². The van der Waals surface area contributed by atoms with Crippen molar-refractivity contribution in [1.82, 2.24) is 0 Å².